The Hall–Kier alpha value is -2.60. The highest BCUT2D eigenvalue weighted by Gasteiger charge is 2.26. The van der Waals surface area contributed by atoms with Crippen LogP contribution in [-0.4, -0.2) is 130 Å². The number of carbonyl (C=O) groups is 2. The molecule has 0 aromatic heterocycles. The van der Waals surface area contributed by atoms with Crippen molar-refractivity contribution >= 4 is 11.8 Å². The summed E-state index contributed by atoms with van der Waals surface area (Å²) >= 11 is 0. The first-order chi connectivity index (χ1) is 23.1. The summed E-state index contributed by atoms with van der Waals surface area (Å²) in [6, 6.07) is 3.63. The van der Waals surface area contributed by atoms with Crippen molar-refractivity contribution in [1.29, 1.82) is 0 Å². The van der Waals surface area contributed by atoms with E-state index in [2.05, 4.69) is 73.1 Å². The van der Waals surface area contributed by atoms with Crippen molar-refractivity contribution in [1.82, 2.24) is 10.7 Å². The van der Waals surface area contributed by atoms with Gasteiger partial charge in [-0.05, 0) is 87.3 Å². The average molecular weight is 682 g/mol. The largest absolute Gasteiger partial charge is 0.484 e. The number of nitrogens with two attached hydrogens (primary N) is 1. The van der Waals surface area contributed by atoms with Gasteiger partial charge in [-0.2, -0.15) is 0 Å². The Morgan fingerprint density at radius 1 is 0.604 bits per heavy atom. The minimum atomic E-state index is -0.184. The quantitative estimate of drug-likeness (QED) is 0.0388. The van der Waals surface area contributed by atoms with E-state index in [9.17, 15) is 9.59 Å². The van der Waals surface area contributed by atoms with Gasteiger partial charge in [0.15, 0.2) is 11.5 Å². The smallest absolute Gasteiger partial charge is 0.251 e. The molecule has 48 heavy (non-hydrogen) atoms. The first-order valence-electron chi connectivity index (χ1n) is 18.9. The minimum Gasteiger partial charge on any atom is -0.484 e. The molecule has 0 unspecified atom stereocenters. The molecule has 1 aromatic carbocycles. The molecule has 0 fully saturated rings. The van der Waals surface area contributed by atoms with Gasteiger partial charge in [-0.1, -0.05) is 6.42 Å². The number of hydrogen-bond acceptors (Lipinski definition) is 6. The van der Waals surface area contributed by atoms with Crippen molar-refractivity contribution in [3.05, 3.63) is 17.7 Å². The number of benzene rings is 1. The van der Waals surface area contributed by atoms with Gasteiger partial charge in [0, 0.05) is 18.5 Å². The average Bonchev–Trinajstić information content (AvgIpc) is 3.12. The zero-order valence-corrected chi connectivity index (χ0v) is 32.3. The molecule has 1 rings (SSSR count). The van der Waals surface area contributed by atoms with Crippen molar-refractivity contribution < 1.29 is 37.2 Å². The SMILES string of the molecule is CC[N+](CC)(CC)CCOc1cc(C(=O)NCCCCCC(=O)NN)cc(OCC[N+](CC)(CC)CC)c1OCC[N+](CC)(CC)CC. The number of carbonyl (C=O) groups excluding carboxylic acids is 2. The Balaban J connectivity index is 3.42. The second-order valence-electron chi connectivity index (χ2n) is 13.0. The van der Waals surface area contributed by atoms with E-state index < -0.39 is 0 Å². The van der Waals surface area contributed by atoms with Crippen LogP contribution < -0.4 is 30.8 Å². The number of nitrogens with zero attached hydrogens (tertiary/aromatic N) is 3. The van der Waals surface area contributed by atoms with E-state index in [0.29, 0.717) is 55.6 Å². The van der Waals surface area contributed by atoms with Gasteiger partial charge in [-0.15, -0.1) is 0 Å². The van der Waals surface area contributed by atoms with Crippen LogP contribution >= 0.6 is 0 Å². The summed E-state index contributed by atoms with van der Waals surface area (Å²) in [5.41, 5.74) is 2.64. The lowest BCUT2D eigenvalue weighted by Crippen LogP contribution is -2.50. The van der Waals surface area contributed by atoms with E-state index >= 15 is 0 Å². The molecule has 1 aromatic rings. The van der Waals surface area contributed by atoms with E-state index in [-0.39, 0.29) is 11.8 Å². The maximum Gasteiger partial charge on any atom is 0.251 e. The maximum absolute atomic E-state index is 13.5. The van der Waals surface area contributed by atoms with Crippen LogP contribution in [0.25, 0.3) is 0 Å². The molecule has 0 bridgehead atoms. The van der Waals surface area contributed by atoms with Crippen LogP contribution in [-0.2, 0) is 4.79 Å². The zero-order chi connectivity index (χ0) is 36.1. The highest BCUT2D eigenvalue weighted by atomic mass is 16.5. The molecule has 0 aliphatic carbocycles. The Morgan fingerprint density at radius 3 is 1.38 bits per heavy atom. The molecule has 0 aliphatic heterocycles. The Bertz CT molecular complexity index is 985. The van der Waals surface area contributed by atoms with Gasteiger partial charge in [-0.3, -0.25) is 15.0 Å². The molecule has 0 aliphatic rings. The maximum atomic E-state index is 13.5. The molecule has 278 valence electrons. The van der Waals surface area contributed by atoms with E-state index in [1.807, 2.05) is 12.1 Å². The predicted molar refractivity (Wildman–Crippen MR) is 196 cm³/mol. The molecule has 11 nitrogen and oxygen atoms in total. The van der Waals surface area contributed by atoms with Gasteiger partial charge in [0.05, 0.1) is 58.9 Å². The van der Waals surface area contributed by atoms with Crippen molar-refractivity contribution in [2.75, 3.05) is 105 Å². The van der Waals surface area contributed by atoms with Crippen LogP contribution in [0.15, 0.2) is 12.1 Å². The van der Waals surface area contributed by atoms with E-state index in [4.69, 9.17) is 20.1 Å². The summed E-state index contributed by atoms with van der Waals surface area (Å²) in [7, 11) is 0. The highest BCUT2D eigenvalue weighted by Crippen LogP contribution is 2.39. The van der Waals surface area contributed by atoms with Gasteiger partial charge in [0.2, 0.25) is 11.7 Å². The number of hydrogen-bond donors (Lipinski definition) is 3. The predicted octanol–water partition coefficient (Wildman–Crippen LogP) is 4.73. The van der Waals surface area contributed by atoms with Gasteiger partial charge in [0.1, 0.15) is 39.5 Å². The number of hydrazine groups is 1. The van der Waals surface area contributed by atoms with Crippen molar-refractivity contribution in [2.24, 2.45) is 5.84 Å². The summed E-state index contributed by atoms with van der Waals surface area (Å²) in [6.07, 6.45) is 2.68. The summed E-state index contributed by atoms with van der Waals surface area (Å²) in [6.45, 7) is 34.0. The third-order valence-corrected chi connectivity index (χ3v) is 11.3. The Morgan fingerprint density at radius 2 is 1.00 bits per heavy atom. The third kappa shape index (κ3) is 13.4. The number of rotatable bonds is 28. The molecule has 0 heterocycles. The lowest BCUT2D eigenvalue weighted by molar-refractivity contribution is -0.923. The molecule has 4 N–H and O–H groups in total. The van der Waals surface area contributed by atoms with Crippen molar-refractivity contribution in [2.45, 2.75) is 88.0 Å². The van der Waals surface area contributed by atoms with Crippen LogP contribution in [0.2, 0.25) is 0 Å². The number of nitrogens with one attached hydrogen (secondary N) is 2. The summed E-state index contributed by atoms with van der Waals surface area (Å²) in [4.78, 5) is 24.9. The van der Waals surface area contributed by atoms with Crippen LogP contribution in [0.3, 0.4) is 0 Å². The molecular weight excluding hydrogens is 608 g/mol. The number of amides is 2. The second kappa shape index (κ2) is 22.9. The fraction of sp³-hybridized carbons (Fsp3) is 0.784. The van der Waals surface area contributed by atoms with E-state index in [1.54, 1.807) is 0 Å². The lowest BCUT2D eigenvalue weighted by atomic mass is 10.1. The fourth-order valence-electron chi connectivity index (χ4n) is 6.50. The number of quaternary nitrogens is 3. The molecule has 0 radical (unpaired) electrons. The summed E-state index contributed by atoms with van der Waals surface area (Å²) in [5.74, 6) is 6.50. The monoisotopic (exact) mass is 682 g/mol. The van der Waals surface area contributed by atoms with E-state index in [1.165, 1.54) is 0 Å². The van der Waals surface area contributed by atoms with Crippen LogP contribution in [0, 0.1) is 0 Å². The van der Waals surface area contributed by atoms with E-state index in [0.717, 1.165) is 111 Å². The fourth-order valence-corrected chi connectivity index (χ4v) is 6.50. The first kappa shape index (κ1) is 43.4. The summed E-state index contributed by atoms with van der Waals surface area (Å²) < 4.78 is 22.6. The van der Waals surface area contributed by atoms with Crippen LogP contribution in [0.4, 0.5) is 0 Å². The van der Waals surface area contributed by atoms with Gasteiger partial charge in [-0.25, -0.2) is 5.84 Å². The molecule has 0 atom stereocenters. The molecule has 0 saturated carbocycles. The number of ether oxygens (including phenoxy) is 3. The Labute approximate surface area is 293 Å². The van der Waals surface area contributed by atoms with Gasteiger partial charge in [0.25, 0.3) is 5.91 Å². The molecule has 11 heteroatoms. The second-order valence-corrected chi connectivity index (χ2v) is 13.0. The van der Waals surface area contributed by atoms with Crippen LogP contribution in [0.5, 0.6) is 17.2 Å². The lowest BCUT2D eigenvalue weighted by Gasteiger charge is -2.36. The third-order valence-electron chi connectivity index (χ3n) is 11.3. The minimum absolute atomic E-state index is 0.175. The molecular formula is C37H73N6O5+3. The topological polar surface area (TPSA) is 112 Å². The molecule has 2 amide bonds. The number of likely N-dealkylation sites (N-methyl/N-ethyl adjacent to an activating group) is 3. The Kier molecular flexibility index (Phi) is 20.7. The molecule has 0 spiro atoms. The molecule has 0 saturated heterocycles. The number of unbranched alkanes of at least 4 members (excludes halogenated alkanes) is 2. The normalized spacial score (nSPS) is 12.1. The van der Waals surface area contributed by atoms with Crippen LogP contribution in [0.1, 0.15) is 98.4 Å². The first-order valence-corrected chi connectivity index (χ1v) is 18.9. The van der Waals surface area contributed by atoms with Crippen molar-refractivity contribution in [3.8, 4) is 17.2 Å². The van der Waals surface area contributed by atoms with Gasteiger partial charge >= 0.3 is 0 Å². The zero-order valence-electron chi connectivity index (χ0n) is 32.3. The highest BCUT2D eigenvalue weighted by molar-refractivity contribution is 5.95. The summed E-state index contributed by atoms with van der Waals surface area (Å²) in [5, 5.41) is 3.05. The standard InChI is InChI=1S/C37H71N6O5/c1-10-41(11-2,12-3)24-27-46-33-30-32(37(45)39-23-21-19-20-22-35(44)40-38)31-34(47-28-25-42(13-4,14-5)15-6)36(33)48-29-26-43(16-7,17-8)18-9/h30-31H,10-29,38H2,1-9H3/q+1/p+2. The van der Waals surface area contributed by atoms with Gasteiger partial charge < -0.3 is 33.0 Å². The van der Waals surface area contributed by atoms with Crippen molar-refractivity contribution in [3.63, 3.8) is 0 Å².